The van der Waals surface area contributed by atoms with Gasteiger partial charge in [0.15, 0.2) is 12.4 Å². The van der Waals surface area contributed by atoms with Gasteiger partial charge in [-0.2, -0.15) is 0 Å². The molecule has 6 atom stereocenters. The summed E-state index contributed by atoms with van der Waals surface area (Å²) in [5, 5.41) is 40.0. The Kier molecular flexibility index (Phi) is 34.3. The third-order valence-electron chi connectivity index (χ3n) is 9.65. The number of allylic oxidation sites excluding steroid dienone is 9. The van der Waals surface area contributed by atoms with Crippen molar-refractivity contribution in [3.8, 4) is 0 Å². The van der Waals surface area contributed by atoms with Crippen molar-refractivity contribution in [1.29, 1.82) is 0 Å². The maximum Gasteiger partial charge on any atom is 0.306 e. The van der Waals surface area contributed by atoms with E-state index in [-0.39, 0.29) is 26.1 Å². The first-order chi connectivity index (χ1) is 27.8. The van der Waals surface area contributed by atoms with Crippen LogP contribution in [0.1, 0.15) is 162 Å². The zero-order valence-electron chi connectivity index (χ0n) is 35.4. The van der Waals surface area contributed by atoms with Gasteiger partial charge >= 0.3 is 11.9 Å². The Morgan fingerprint density at radius 1 is 0.596 bits per heavy atom. The Bertz CT molecular complexity index is 1170. The number of rotatable bonds is 35. The van der Waals surface area contributed by atoms with E-state index in [1.165, 1.54) is 51.4 Å². The highest BCUT2D eigenvalue weighted by Gasteiger charge is 2.44. The molecule has 0 aromatic heterocycles. The maximum atomic E-state index is 12.7. The molecule has 4 N–H and O–H groups in total. The van der Waals surface area contributed by atoms with Crippen LogP contribution >= 0.6 is 0 Å². The molecule has 1 fully saturated rings. The van der Waals surface area contributed by atoms with Crippen LogP contribution in [0.2, 0.25) is 0 Å². The molecular weight excluding hydrogens is 725 g/mol. The number of hydrogen-bond donors (Lipinski definition) is 4. The Hall–Kier alpha value is -2.82. The van der Waals surface area contributed by atoms with Gasteiger partial charge < -0.3 is 39.4 Å². The molecule has 1 rings (SSSR count). The van der Waals surface area contributed by atoms with Gasteiger partial charge in [0.25, 0.3) is 0 Å². The van der Waals surface area contributed by atoms with Crippen molar-refractivity contribution in [2.75, 3.05) is 19.8 Å². The second kappa shape index (κ2) is 37.5. The lowest BCUT2D eigenvalue weighted by molar-refractivity contribution is -0.305. The summed E-state index contributed by atoms with van der Waals surface area (Å²) in [7, 11) is 0. The summed E-state index contributed by atoms with van der Waals surface area (Å²) in [6.07, 6.45) is 35.8. The average Bonchev–Trinajstić information content (AvgIpc) is 3.21. The lowest BCUT2D eigenvalue weighted by atomic mass is 9.99. The number of carbonyl (C=O) groups is 2. The molecule has 0 aromatic rings. The molecule has 0 radical (unpaired) electrons. The molecule has 0 bridgehead atoms. The first kappa shape index (κ1) is 52.2. The number of carbonyl (C=O) groups excluding carboxylic acids is 2. The maximum absolute atomic E-state index is 12.7. The van der Waals surface area contributed by atoms with Gasteiger partial charge in [-0.1, -0.05) is 120 Å². The molecule has 1 saturated heterocycles. The Balaban J connectivity index is 2.41. The third kappa shape index (κ3) is 29.1. The minimum absolute atomic E-state index is 0.192. The van der Waals surface area contributed by atoms with E-state index in [0.717, 1.165) is 70.6 Å². The van der Waals surface area contributed by atoms with E-state index in [0.29, 0.717) is 12.8 Å². The molecule has 1 heterocycles. The van der Waals surface area contributed by atoms with Crippen LogP contribution in [0.15, 0.2) is 66.5 Å². The van der Waals surface area contributed by atoms with Gasteiger partial charge in [0, 0.05) is 12.8 Å². The number of esters is 2. The van der Waals surface area contributed by atoms with E-state index in [2.05, 4.69) is 74.3 Å². The third-order valence-corrected chi connectivity index (χ3v) is 9.65. The average molecular weight is 803 g/mol. The van der Waals surface area contributed by atoms with Crippen molar-refractivity contribution in [2.24, 2.45) is 0 Å². The van der Waals surface area contributed by atoms with E-state index < -0.39 is 55.4 Å². The Labute approximate surface area is 344 Å². The molecule has 2 unspecified atom stereocenters. The van der Waals surface area contributed by atoms with Crippen LogP contribution in [0.4, 0.5) is 0 Å². The summed E-state index contributed by atoms with van der Waals surface area (Å²) < 4.78 is 22.1. The van der Waals surface area contributed by atoms with Crippen LogP contribution in [-0.2, 0) is 28.5 Å². The number of hydrogen-bond acceptors (Lipinski definition) is 10. The minimum atomic E-state index is -1.61. The summed E-state index contributed by atoms with van der Waals surface area (Å²) >= 11 is 0. The van der Waals surface area contributed by atoms with Crippen molar-refractivity contribution in [3.05, 3.63) is 66.5 Å². The molecule has 326 valence electrons. The van der Waals surface area contributed by atoms with Gasteiger partial charge in [-0.15, -0.1) is 5.73 Å². The SMILES string of the molecule is CCCCC/C=C/C/C=C/C/C=C/C/C=C/CCCC(=O)OC[C@@H](CO[C@H]1O[C@@H](CO)[C@@H](O)C(O)C1O)OC(=O)CCCCCCCC=C=CCCCCCCC. The van der Waals surface area contributed by atoms with Gasteiger partial charge in [0.2, 0.25) is 0 Å². The van der Waals surface area contributed by atoms with Crippen LogP contribution in [0, 0.1) is 0 Å². The number of aliphatic hydroxyl groups excluding tert-OH is 4. The van der Waals surface area contributed by atoms with Crippen LogP contribution < -0.4 is 0 Å². The molecule has 57 heavy (non-hydrogen) atoms. The van der Waals surface area contributed by atoms with Gasteiger partial charge in [-0.05, 0) is 89.2 Å². The zero-order valence-corrected chi connectivity index (χ0v) is 35.4. The van der Waals surface area contributed by atoms with E-state index >= 15 is 0 Å². The van der Waals surface area contributed by atoms with Crippen molar-refractivity contribution in [1.82, 2.24) is 0 Å². The quantitative estimate of drug-likeness (QED) is 0.0211. The number of ether oxygens (including phenoxy) is 4. The first-order valence-electron chi connectivity index (χ1n) is 22.1. The molecule has 0 saturated carbocycles. The van der Waals surface area contributed by atoms with E-state index in [9.17, 15) is 30.0 Å². The first-order valence-corrected chi connectivity index (χ1v) is 22.1. The van der Waals surface area contributed by atoms with Crippen LogP contribution in [0.5, 0.6) is 0 Å². The monoisotopic (exact) mass is 803 g/mol. The predicted octanol–water partition coefficient (Wildman–Crippen LogP) is 9.21. The standard InChI is InChI=1S/C47H78O10/c1-3-5-7-9-11-13-15-17-19-20-22-23-25-27-29-31-33-35-42(49)54-38-40(39-55-47-46(53)45(52)44(51)41(37-48)57-47)56-43(50)36-34-32-30-28-26-24-21-18-16-14-12-10-8-6-4-2/h11,13,16-17,19,21-23,27,29,40-41,44-48,51-53H,3-10,12,14-15,20,24-26,28,30-39H2,1-2H3/b13-11+,19-17+,23-22+,29-27+/t18?,40-,41-,44+,45?,46?,47-/m0/s1. The fourth-order valence-electron chi connectivity index (χ4n) is 6.10. The Morgan fingerprint density at radius 3 is 1.72 bits per heavy atom. The highest BCUT2D eigenvalue weighted by atomic mass is 16.7. The van der Waals surface area contributed by atoms with E-state index in [1.807, 2.05) is 6.08 Å². The smallest absolute Gasteiger partial charge is 0.306 e. The van der Waals surface area contributed by atoms with Gasteiger partial charge in [-0.25, -0.2) is 0 Å². The van der Waals surface area contributed by atoms with Gasteiger partial charge in [-0.3, -0.25) is 9.59 Å². The van der Waals surface area contributed by atoms with Crippen molar-refractivity contribution in [3.63, 3.8) is 0 Å². The van der Waals surface area contributed by atoms with Crippen LogP contribution in [0.25, 0.3) is 0 Å². The topological polar surface area (TPSA) is 152 Å². The Morgan fingerprint density at radius 2 is 1.11 bits per heavy atom. The number of unbranched alkanes of at least 4 members (excludes halogenated alkanes) is 14. The van der Waals surface area contributed by atoms with Gasteiger partial charge in [0.05, 0.1) is 13.2 Å². The highest BCUT2D eigenvalue weighted by molar-refractivity contribution is 5.70. The normalized spacial score (nSPS) is 20.4. The van der Waals surface area contributed by atoms with E-state index in [1.54, 1.807) is 0 Å². The molecule has 0 aromatic carbocycles. The number of aliphatic hydroxyl groups is 4. The second-order valence-electron chi connectivity index (χ2n) is 14.9. The summed E-state index contributed by atoms with van der Waals surface area (Å²) in [5.74, 6) is -0.899. The largest absolute Gasteiger partial charge is 0.462 e. The molecule has 0 amide bonds. The van der Waals surface area contributed by atoms with Crippen molar-refractivity contribution < 1.29 is 49.0 Å². The summed E-state index contributed by atoms with van der Waals surface area (Å²) in [6, 6.07) is 0. The van der Waals surface area contributed by atoms with Crippen LogP contribution in [0.3, 0.4) is 0 Å². The molecule has 10 nitrogen and oxygen atoms in total. The second-order valence-corrected chi connectivity index (χ2v) is 14.9. The van der Waals surface area contributed by atoms with Crippen LogP contribution in [-0.4, -0.2) is 89.0 Å². The molecular formula is C47H78O10. The predicted molar refractivity (Wildman–Crippen MR) is 227 cm³/mol. The zero-order chi connectivity index (χ0) is 41.6. The van der Waals surface area contributed by atoms with Crippen molar-refractivity contribution >= 4 is 11.9 Å². The highest BCUT2D eigenvalue weighted by Crippen LogP contribution is 2.22. The van der Waals surface area contributed by atoms with E-state index in [4.69, 9.17) is 18.9 Å². The summed E-state index contributed by atoms with van der Waals surface area (Å²) in [6.45, 7) is 3.29. The summed E-state index contributed by atoms with van der Waals surface area (Å²) in [5.41, 5.74) is 3.29. The molecule has 1 aliphatic heterocycles. The minimum Gasteiger partial charge on any atom is -0.462 e. The van der Waals surface area contributed by atoms with Gasteiger partial charge in [0.1, 0.15) is 31.0 Å². The lowest BCUT2D eigenvalue weighted by Gasteiger charge is -2.39. The lowest BCUT2D eigenvalue weighted by Crippen LogP contribution is -2.59. The molecule has 1 aliphatic rings. The molecule has 10 heteroatoms. The fourth-order valence-corrected chi connectivity index (χ4v) is 6.10. The summed E-state index contributed by atoms with van der Waals surface area (Å²) in [4.78, 5) is 25.3. The fraction of sp³-hybridized carbons (Fsp3) is 0.723. The molecule has 0 aliphatic carbocycles. The molecule has 0 spiro atoms. The van der Waals surface area contributed by atoms with Crippen molar-refractivity contribution in [2.45, 2.75) is 198 Å².